The van der Waals surface area contributed by atoms with Gasteiger partial charge in [-0.3, -0.25) is 13.9 Å². The van der Waals surface area contributed by atoms with Gasteiger partial charge in [0.25, 0.3) is 5.56 Å². The molecule has 0 bridgehead atoms. The molecule has 2 aromatic rings. The van der Waals surface area contributed by atoms with Gasteiger partial charge in [-0.05, 0) is 44.3 Å². The monoisotopic (exact) mass is 393 g/mol. The molecule has 0 aliphatic heterocycles. The highest BCUT2D eigenvalue weighted by molar-refractivity contribution is 6.30. The van der Waals surface area contributed by atoms with Gasteiger partial charge in [-0.2, -0.15) is 0 Å². The van der Waals surface area contributed by atoms with Gasteiger partial charge in [0.15, 0.2) is 0 Å². The third kappa shape index (κ3) is 5.87. The summed E-state index contributed by atoms with van der Waals surface area (Å²) in [6.07, 6.45) is 0.928. The fourth-order valence-electron chi connectivity index (χ4n) is 2.85. The molecule has 0 saturated heterocycles. The zero-order chi connectivity index (χ0) is 20.0. The molecule has 1 heterocycles. The van der Waals surface area contributed by atoms with Crippen molar-refractivity contribution in [3.05, 3.63) is 56.2 Å². The van der Waals surface area contributed by atoms with Crippen molar-refractivity contribution in [3.8, 4) is 0 Å². The molecule has 2 rings (SSSR count). The normalized spacial score (nSPS) is 11.0. The lowest BCUT2D eigenvalue weighted by atomic mass is 10.3. The molecule has 7 nitrogen and oxygen atoms in total. The molecule has 0 amide bonds. The predicted molar refractivity (Wildman–Crippen MR) is 112 cm³/mol. The van der Waals surface area contributed by atoms with E-state index < -0.39 is 0 Å². The van der Waals surface area contributed by atoms with E-state index in [0.29, 0.717) is 5.82 Å². The number of hydrogen-bond acceptors (Lipinski definition) is 5. The predicted octanol–water partition coefficient (Wildman–Crippen LogP) is 1.61. The van der Waals surface area contributed by atoms with Crippen LogP contribution in [0.1, 0.15) is 6.42 Å². The van der Waals surface area contributed by atoms with Crippen LogP contribution in [0.2, 0.25) is 5.02 Å². The van der Waals surface area contributed by atoms with Crippen LogP contribution in [0, 0.1) is 0 Å². The lowest BCUT2D eigenvalue weighted by Gasteiger charge is -2.23. The van der Waals surface area contributed by atoms with Crippen molar-refractivity contribution in [1.29, 1.82) is 0 Å². The third-order valence-corrected chi connectivity index (χ3v) is 4.84. The SMILES string of the molecule is CN(CCCN(C)c1cc(=O)n(C)c(=O)n1C)CCNc1ccc(Cl)cc1. The van der Waals surface area contributed by atoms with Gasteiger partial charge in [0.05, 0.1) is 0 Å². The summed E-state index contributed by atoms with van der Waals surface area (Å²) >= 11 is 5.88. The van der Waals surface area contributed by atoms with Crippen LogP contribution in [0.5, 0.6) is 0 Å². The third-order valence-electron chi connectivity index (χ3n) is 4.59. The fraction of sp³-hybridized carbons (Fsp3) is 0.474. The van der Waals surface area contributed by atoms with Crippen LogP contribution in [-0.4, -0.2) is 54.3 Å². The Bertz CT molecular complexity index is 860. The van der Waals surface area contributed by atoms with Crippen molar-refractivity contribution in [2.75, 3.05) is 50.5 Å². The molecule has 148 valence electrons. The van der Waals surface area contributed by atoms with Crippen molar-refractivity contribution < 1.29 is 0 Å². The molecule has 27 heavy (non-hydrogen) atoms. The summed E-state index contributed by atoms with van der Waals surface area (Å²) in [4.78, 5) is 28.1. The number of aromatic nitrogens is 2. The molecule has 0 fully saturated rings. The Morgan fingerprint density at radius 2 is 1.67 bits per heavy atom. The van der Waals surface area contributed by atoms with Crippen LogP contribution in [0.25, 0.3) is 0 Å². The maximum atomic E-state index is 12.0. The summed E-state index contributed by atoms with van der Waals surface area (Å²) in [5.74, 6) is 0.634. The van der Waals surface area contributed by atoms with E-state index in [1.807, 2.05) is 36.2 Å². The summed E-state index contributed by atoms with van der Waals surface area (Å²) in [5, 5.41) is 4.10. The van der Waals surface area contributed by atoms with Gasteiger partial charge in [0.1, 0.15) is 5.82 Å². The summed E-state index contributed by atoms with van der Waals surface area (Å²) in [7, 11) is 7.15. The Kier molecular flexibility index (Phi) is 7.50. The molecular weight excluding hydrogens is 366 g/mol. The van der Waals surface area contributed by atoms with Crippen molar-refractivity contribution >= 4 is 23.1 Å². The van der Waals surface area contributed by atoms with E-state index in [9.17, 15) is 9.59 Å². The Balaban J connectivity index is 1.76. The molecule has 0 aliphatic rings. The van der Waals surface area contributed by atoms with Gasteiger partial charge < -0.3 is 15.1 Å². The first-order valence-corrected chi connectivity index (χ1v) is 9.33. The molecule has 0 radical (unpaired) electrons. The average molecular weight is 394 g/mol. The Morgan fingerprint density at radius 3 is 2.33 bits per heavy atom. The molecule has 0 saturated carbocycles. The number of hydrogen-bond donors (Lipinski definition) is 1. The van der Waals surface area contributed by atoms with Crippen LogP contribution in [0.3, 0.4) is 0 Å². The van der Waals surface area contributed by atoms with E-state index in [0.717, 1.165) is 47.9 Å². The summed E-state index contributed by atoms with van der Waals surface area (Å²) < 4.78 is 2.61. The topological polar surface area (TPSA) is 62.5 Å². The molecule has 8 heteroatoms. The van der Waals surface area contributed by atoms with Crippen molar-refractivity contribution in [3.63, 3.8) is 0 Å². The standard InChI is InChI=1S/C19H28ClN5O2/c1-22(13-10-21-16-8-6-15(20)7-9-16)11-5-12-23(2)17-14-18(26)25(4)19(27)24(17)3/h6-9,14,21H,5,10-13H2,1-4H3. The Hall–Kier alpha value is -2.25. The Labute approximate surface area is 164 Å². The molecule has 0 atom stereocenters. The number of likely N-dealkylation sites (N-methyl/N-ethyl adjacent to an activating group) is 1. The number of benzene rings is 1. The quantitative estimate of drug-likeness (QED) is 0.701. The fourth-order valence-corrected chi connectivity index (χ4v) is 2.98. The van der Waals surface area contributed by atoms with E-state index in [4.69, 9.17) is 11.6 Å². The Morgan fingerprint density at radius 1 is 1.00 bits per heavy atom. The van der Waals surface area contributed by atoms with Gasteiger partial charge in [0.2, 0.25) is 0 Å². The van der Waals surface area contributed by atoms with Crippen LogP contribution < -0.4 is 21.5 Å². The van der Waals surface area contributed by atoms with Crippen LogP contribution >= 0.6 is 11.6 Å². The van der Waals surface area contributed by atoms with Gasteiger partial charge >= 0.3 is 5.69 Å². The first kappa shape index (κ1) is 21.1. The smallest absolute Gasteiger partial charge is 0.332 e. The van der Waals surface area contributed by atoms with Gasteiger partial charge in [0, 0.05) is 57.6 Å². The maximum Gasteiger partial charge on any atom is 0.332 e. The summed E-state index contributed by atoms with van der Waals surface area (Å²) in [6.45, 7) is 3.44. The molecule has 0 spiro atoms. The minimum absolute atomic E-state index is 0.287. The number of rotatable bonds is 9. The van der Waals surface area contributed by atoms with Crippen molar-refractivity contribution in [1.82, 2.24) is 14.0 Å². The van der Waals surface area contributed by atoms with Crippen LogP contribution in [0.15, 0.2) is 39.9 Å². The van der Waals surface area contributed by atoms with Gasteiger partial charge in [-0.25, -0.2) is 4.79 Å². The van der Waals surface area contributed by atoms with E-state index in [2.05, 4.69) is 17.3 Å². The maximum absolute atomic E-state index is 12.0. The summed E-state index contributed by atoms with van der Waals surface area (Å²) in [5.41, 5.74) is 0.458. The molecule has 1 aromatic heterocycles. The molecule has 1 aromatic carbocycles. The second kappa shape index (κ2) is 9.62. The zero-order valence-corrected chi connectivity index (χ0v) is 17.2. The first-order valence-electron chi connectivity index (χ1n) is 8.96. The second-order valence-corrected chi connectivity index (χ2v) is 7.19. The highest BCUT2D eigenvalue weighted by Crippen LogP contribution is 2.13. The second-order valence-electron chi connectivity index (χ2n) is 6.75. The highest BCUT2D eigenvalue weighted by Gasteiger charge is 2.10. The van der Waals surface area contributed by atoms with Crippen molar-refractivity contribution in [2.24, 2.45) is 14.1 Å². The van der Waals surface area contributed by atoms with Crippen LogP contribution in [0.4, 0.5) is 11.5 Å². The minimum Gasteiger partial charge on any atom is -0.384 e. The molecular formula is C19H28ClN5O2. The number of anilines is 2. The van der Waals surface area contributed by atoms with E-state index in [1.165, 1.54) is 17.7 Å². The zero-order valence-electron chi connectivity index (χ0n) is 16.4. The van der Waals surface area contributed by atoms with E-state index >= 15 is 0 Å². The van der Waals surface area contributed by atoms with Gasteiger partial charge in [-0.1, -0.05) is 11.6 Å². The first-order chi connectivity index (χ1) is 12.8. The lowest BCUT2D eigenvalue weighted by Crippen LogP contribution is -2.40. The van der Waals surface area contributed by atoms with Crippen LogP contribution in [-0.2, 0) is 14.1 Å². The lowest BCUT2D eigenvalue weighted by molar-refractivity contribution is 0.343. The number of nitrogens with zero attached hydrogens (tertiary/aromatic N) is 4. The molecule has 0 unspecified atom stereocenters. The van der Waals surface area contributed by atoms with Gasteiger partial charge in [-0.15, -0.1) is 0 Å². The average Bonchev–Trinajstić information content (AvgIpc) is 2.64. The number of halogens is 1. The van der Waals surface area contributed by atoms with Crippen molar-refractivity contribution in [2.45, 2.75) is 6.42 Å². The molecule has 0 aliphatic carbocycles. The van der Waals surface area contributed by atoms with E-state index in [-0.39, 0.29) is 11.2 Å². The highest BCUT2D eigenvalue weighted by atomic mass is 35.5. The summed E-state index contributed by atoms with van der Waals surface area (Å²) in [6, 6.07) is 9.17. The van der Waals surface area contributed by atoms with E-state index in [1.54, 1.807) is 7.05 Å². The molecule has 1 N–H and O–H groups in total. The number of nitrogens with one attached hydrogen (secondary N) is 1. The minimum atomic E-state index is -0.310. The largest absolute Gasteiger partial charge is 0.384 e.